The third-order valence-corrected chi connectivity index (χ3v) is 9.13. The monoisotopic (exact) mass is 412 g/mol. The Morgan fingerprint density at radius 3 is 2.63 bits per heavy atom. The van der Waals surface area contributed by atoms with Gasteiger partial charge in [-0.2, -0.15) is 0 Å². The van der Waals surface area contributed by atoms with Crippen LogP contribution >= 0.6 is 0 Å². The highest BCUT2D eigenvalue weighted by Gasteiger charge is 2.69. The Morgan fingerprint density at radius 2 is 1.97 bits per heavy atom. The molecule has 0 aliphatic heterocycles. The van der Waals surface area contributed by atoms with Crippen LogP contribution in [0.5, 0.6) is 0 Å². The van der Waals surface area contributed by atoms with E-state index in [-0.39, 0.29) is 34.3 Å². The van der Waals surface area contributed by atoms with E-state index in [2.05, 4.69) is 26.8 Å². The molecular weight excluding hydrogens is 376 g/mol. The molecule has 6 atom stereocenters. The third kappa shape index (κ3) is 2.74. The van der Waals surface area contributed by atoms with E-state index in [1.54, 1.807) is 6.92 Å². The van der Waals surface area contributed by atoms with Crippen LogP contribution in [0.1, 0.15) is 86.0 Å². The van der Waals surface area contributed by atoms with Crippen molar-refractivity contribution in [3.8, 4) is 0 Å². The lowest BCUT2D eigenvalue weighted by atomic mass is 9.50. The molecule has 0 amide bonds. The molecule has 0 spiro atoms. The highest BCUT2D eigenvalue weighted by Crippen LogP contribution is 2.67. The second-order valence-corrected chi connectivity index (χ2v) is 10.7. The van der Waals surface area contributed by atoms with Crippen LogP contribution in [0.3, 0.4) is 0 Å². The molecule has 4 rings (SSSR count). The van der Waals surface area contributed by atoms with Crippen molar-refractivity contribution < 1.29 is 19.1 Å². The maximum absolute atomic E-state index is 13.1. The van der Waals surface area contributed by atoms with Crippen molar-refractivity contribution >= 4 is 17.5 Å². The highest BCUT2D eigenvalue weighted by molar-refractivity contribution is 5.92. The molecule has 4 aliphatic rings. The molecule has 0 heterocycles. The molecule has 0 saturated heterocycles. The van der Waals surface area contributed by atoms with E-state index in [4.69, 9.17) is 4.74 Å². The van der Waals surface area contributed by atoms with Crippen molar-refractivity contribution in [1.82, 2.24) is 0 Å². The van der Waals surface area contributed by atoms with Gasteiger partial charge >= 0.3 is 5.97 Å². The molecule has 4 nitrogen and oxygen atoms in total. The van der Waals surface area contributed by atoms with E-state index in [1.165, 1.54) is 11.1 Å². The van der Waals surface area contributed by atoms with Gasteiger partial charge in [-0.1, -0.05) is 44.9 Å². The van der Waals surface area contributed by atoms with Gasteiger partial charge in [0.1, 0.15) is 0 Å². The number of esters is 1. The SMILES string of the molecule is CCCC(=O)O[C@]1(C(C)=O)[C@@H](C)C[C@H]2[C@@H]3CCC4=CC(=O)CC[C@]4(C)C3=CC[C@@]21C. The Balaban J connectivity index is 1.77. The van der Waals surface area contributed by atoms with Gasteiger partial charge in [-0.05, 0) is 63.4 Å². The van der Waals surface area contributed by atoms with E-state index in [0.29, 0.717) is 24.7 Å². The fraction of sp³-hybridized carbons (Fsp3) is 0.731. The third-order valence-electron chi connectivity index (χ3n) is 9.13. The minimum Gasteiger partial charge on any atom is -0.450 e. The number of carbonyl (C=O) groups excluding carboxylic acids is 3. The zero-order valence-corrected chi connectivity index (χ0v) is 19.2. The van der Waals surface area contributed by atoms with Gasteiger partial charge in [0.2, 0.25) is 0 Å². The summed E-state index contributed by atoms with van der Waals surface area (Å²) in [5.41, 5.74) is 1.33. The average molecular weight is 413 g/mol. The first-order valence-corrected chi connectivity index (χ1v) is 11.8. The molecule has 0 unspecified atom stereocenters. The van der Waals surface area contributed by atoms with Gasteiger partial charge < -0.3 is 4.74 Å². The topological polar surface area (TPSA) is 60.4 Å². The van der Waals surface area contributed by atoms with Crippen LogP contribution in [0.2, 0.25) is 0 Å². The predicted octanol–water partition coefficient (Wildman–Crippen LogP) is 5.36. The van der Waals surface area contributed by atoms with Crippen molar-refractivity contribution in [1.29, 1.82) is 0 Å². The van der Waals surface area contributed by atoms with Gasteiger partial charge in [0.15, 0.2) is 17.2 Å². The lowest BCUT2D eigenvalue weighted by molar-refractivity contribution is -0.188. The van der Waals surface area contributed by atoms with Crippen LogP contribution < -0.4 is 0 Å². The molecule has 0 N–H and O–H groups in total. The predicted molar refractivity (Wildman–Crippen MR) is 116 cm³/mol. The zero-order valence-electron chi connectivity index (χ0n) is 19.2. The van der Waals surface area contributed by atoms with Gasteiger partial charge in [-0.25, -0.2) is 0 Å². The number of hydrogen-bond acceptors (Lipinski definition) is 4. The van der Waals surface area contributed by atoms with Crippen LogP contribution in [0.25, 0.3) is 0 Å². The quantitative estimate of drug-likeness (QED) is 0.461. The van der Waals surface area contributed by atoms with E-state index in [0.717, 1.165) is 38.5 Å². The molecule has 164 valence electrons. The van der Waals surface area contributed by atoms with Crippen LogP contribution in [-0.4, -0.2) is 23.1 Å². The summed E-state index contributed by atoms with van der Waals surface area (Å²) >= 11 is 0. The molecule has 0 aromatic rings. The number of ketones is 2. The number of hydrogen-bond donors (Lipinski definition) is 0. The first kappa shape index (κ1) is 21.5. The summed E-state index contributed by atoms with van der Waals surface area (Å²) in [4.78, 5) is 37.7. The number of carbonyl (C=O) groups is 3. The Kier molecular flexibility index (Phi) is 5.14. The number of fused-ring (bicyclic) bond motifs is 5. The Hall–Kier alpha value is -1.71. The van der Waals surface area contributed by atoms with Crippen LogP contribution in [0.15, 0.2) is 23.3 Å². The fourth-order valence-corrected chi connectivity index (χ4v) is 7.66. The molecule has 2 saturated carbocycles. The largest absolute Gasteiger partial charge is 0.450 e. The lowest BCUT2D eigenvalue weighted by Crippen LogP contribution is -2.58. The molecule has 4 aliphatic carbocycles. The standard InChI is InChI=1S/C26H36O4/c1-6-7-23(29)30-26(17(3)27)16(2)14-22-20-9-8-18-15-19(28)10-12-24(18,4)21(20)11-13-25(22,26)5/h11,15-16,20,22H,6-10,12-14H2,1-5H3/t16-,20+,22-,24-,25-,26-/m0/s1. The van der Waals surface area contributed by atoms with Crippen molar-refractivity contribution in [3.63, 3.8) is 0 Å². The molecule has 2 fully saturated rings. The van der Waals surface area contributed by atoms with Gasteiger partial charge in [0.05, 0.1) is 0 Å². The maximum atomic E-state index is 13.1. The Morgan fingerprint density at radius 1 is 1.23 bits per heavy atom. The minimum absolute atomic E-state index is 0.00725. The number of rotatable bonds is 4. The summed E-state index contributed by atoms with van der Waals surface area (Å²) in [6.45, 7) is 10.2. The average Bonchev–Trinajstić information content (AvgIpc) is 2.90. The van der Waals surface area contributed by atoms with E-state index in [1.807, 2.05) is 13.0 Å². The van der Waals surface area contributed by atoms with Crippen molar-refractivity contribution in [2.45, 2.75) is 91.6 Å². The van der Waals surface area contributed by atoms with Gasteiger partial charge in [0.25, 0.3) is 0 Å². The summed E-state index contributed by atoms with van der Waals surface area (Å²) in [6, 6.07) is 0. The van der Waals surface area contributed by atoms with Crippen molar-refractivity contribution in [3.05, 3.63) is 23.3 Å². The summed E-state index contributed by atoms with van der Waals surface area (Å²) in [6.07, 6.45) is 10.5. The van der Waals surface area contributed by atoms with Gasteiger partial charge in [-0.15, -0.1) is 0 Å². The molecule has 4 heteroatoms. The first-order valence-electron chi connectivity index (χ1n) is 11.8. The molecule has 0 bridgehead atoms. The van der Waals surface area contributed by atoms with Crippen LogP contribution in [-0.2, 0) is 19.1 Å². The fourth-order valence-electron chi connectivity index (χ4n) is 7.66. The van der Waals surface area contributed by atoms with Gasteiger partial charge in [-0.3, -0.25) is 14.4 Å². The van der Waals surface area contributed by atoms with Crippen molar-refractivity contribution in [2.24, 2.45) is 28.6 Å². The molecule has 0 aromatic heterocycles. The first-order chi connectivity index (χ1) is 14.1. The number of Topliss-reactive ketones (excluding diaryl/α,β-unsaturated/α-hetero) is 1. The molecule has 0 radical (unpaired) electrons. The minimum atomic E-state index is -1.04. The zero-order chi connectivity index (χ0) is 21.9. The summed E-state index contributed by atoms with van der Waals surface area (Å²) in [5.74, 6) is 0.732. The van der Waals surface area contributed by atoms with Crippen molar-refractivity contribution in [2.75, 3.05) is 0 Å². The van der Waals surface area contributed by atoms with Crippen LogP contribution in [0.4, 0.5) is 0 Å². The van der Waals surface area contributed by atoms with E-state index in [9.17, 15) is 14.4 Å². The number of ether oxygens (including phenoxy) is 1. The van der Waals surface area contributed by atoms with Crippen LogP contribution in [0, 0.1) is 28.6 Å². The molecule has 30 heavy (non-hydrogen) atoms. The second-order valence-electron chi connectivity index (χ2n) is 10.7. The van der Waals surface area contributed by atoms with E-state index < -0.39 is 5.60 Å². The smallest absolute Gasteiger partial charge is 0.306 e. The normalized spacial score (nSPS) is 42.4. The van der Waals surface area contributed by atoms with E-state index >= 15 is 0 Å². The number of allylic oxidation sites excluding steroid dienone is 4. The molecule has 0 aromatic carbocycles. The van der Waals surface area contributed by atoms with Gasteiger partial charge in [0, 0.05) is 29.6 Å². The Labute approximate surface area is 180 Å². The second kappa shape index (κ2) is 7.17. The maximum Gasteiger partial charge on any atom is 0.306 e. The summed E-state index contributed by atoms with van der Waals surface area (Å²) in [5, 5.41) is 0. The highest BCUT2D eigenvalue weighted by atomic mass is 16.6. The summed E-state index contributed by atoms with van der Waals surface area (Å²) in [7, 11) is 0. The lowest BCUT2D eigenvalue weighted by Gasteiger charge is -2.55. The summed E-state index contributed by atoms with van der Waals surface area (Å²) < 4.78 is 6.14. The Bertz CT molecular complexity index is 851. The molecular formula is C26H36O4.